The van der Waals surface area contributed by atoms with E-state index in [1.807, 2.05) is 37.3 Å². The first kappa shape index (κ1) is 26.1. The molecule has 0 fully saturated rings. The van der Waals surface area contributed by atoms with Gasteiger partial charge in [0, 0.05) is 26.3 Å². The third kappa shape index (κ3) is 14.8. The Morgan fingerprint density at radius 1 is 1.11 bits per heavy atom. The van der Waals surface area contributed by atoms with E-state index in [1.54, 1.807) is 0 Å². The van der Waals surface area contributed by atoms with Crippen molar-refractivity contribution in [3.05, 3.63) is 35.9 Å². The molecule has 0 saturated heterocycles. The number of benzene rings is 1. The first-order chi connectivity index (χ1) is 12.6. The predicted octanol–water partition coefficient (Wildman–Crippen LogP) is 2.80. The third-order valence-corrected chi connectivity index (χ3v) is 3.44. The smallest absolute Gasteiger partial charge is 0.191 e. The monoisotopic (exact) mass is 493 g/mol. The van der Waals surface area contributed by atoms with Crippen molar-refractivity contribution in [2.75, 3.05) is 39.5 Å². The average Bonchev–Trinajstić information content (AvgIpc) is 2.63. The lowest BCUT2D eigenvalue weighted by molar-refractivity contribution is 0.0331. The zero-order valence-corrected chi connectivity index (χ0v) is 19.1. The molecule has 27 heavy (non-hydrogen) atoms. The number of hydrogen-bond donors (Lipinski definition) is 3. The third-order valence-electron chi connectivity index (χ3n) is 3.44. The van der Waals surface area contributed by atoms with Crippen molar-refractivity contribution >= 4 is 29.9 Å². The molecule has 0 spiro atoms. The lowest BCUT2D eigenvalue weighted by Crippen LogP contribution is -2.39. The maximum Gasteiger partial charge on any atom is 0.191 e. The number of guanidine groups is 1. The molecule has 0 aliphatic rings. The first-order valence-corrected chi connectivity index (χ1v) is 9.51. The highest BCUT2D eigenvalue weighted by atomic mass is 127. The van der Waals surface area contributed by atoms with E-state index < -0.39 is 6.10 Å². The molecule has 1 rings (SSSR count). The summed E-state index contributed by atoms with van der Waals surface area (Å²) in [6.07, 6.45) is 0.295. The van der Waals surface area contributed by atoms with Crippen molar-refractivity contribution in [3.8, 4) is 0 Å². The Bertz CT molecular complexity index is 487. The normalized spacial score (nSPS) is 12.6. The van der Waals surface area contributed by atoms with E-state index in [0.717, 1.165) is 38.3 Å². The van der Waals surface area contributed by atoms with E-state index in [0.29, 0.717) is 25.0 Å². The summed E-state index contributed by atoms with van der Waals surface area (Å²) < 4.78 is 11.1. The Labute approximate surface area is 181 Å². The zero-order chi connectivity index (χ0) is 19.0. The quantitative estimate of drug-likeness (QED) is 0.171. The second-order valence-electron chi connectivity index (χ2n) is 6.62. The number of rotatable bonds is 13. The second-order valence-corrected chi connectivity index (χ2v) is 6.62. The number of nitrogens with zero attached hydrogens (tertiary/aromatic N) is 1. The van der Waals surface area contributed by atoms with E-state index in [9.17, 15) is 5.11 Å². The summed E-state index contributed by atoms with van der Waals surface area (Å²) in [5.74, 6) is 1.27. The lowest BCUT2D eigenvalue weighted by Gasteiger charge is -2.14. The van der Waals surface area contributed by atoms with Crippen LogP contribution < -0.4 is 10.6 Å². The molecule has 0 amide bonds. The number of ether oxygens (including phenoxy) is 2. The van der Waals surface area contributed by atoms with Crippen LogP contribution >= 0.6 is 24.0 Å². The number of aliphatic hydroxyl groups excluding tert-OH is 1. The zero-order valence-electron chi connectivity index (χ0n) is 16.8. The summed E-state index contributed by atoms with van der Waals surface area (Å²) in [5.41, 5.74) is 1.10. The molecule has 0 aliphatic carbocycles. The van der Waals surface area contributed by atoms with Gasteiger partial charge >= 0.3 is 0 Å². The second kappa shape index (κ2) is 17.2. The Morgan fingerprint density at radius 2 is 1.85 bits per heavy atom. The van der Waals surface area contributed by atoms with Crippen molar-refractivity contribution in [1.82, 2.24) is 10.6 Å². The van der Waals surface area contributed by atoms with Crippen LogP contribution in [0.4, 0.5) is 0 Å². The standard InChI is InChI=1S/C20H35N3O3.HI/c1-4-21-20(22-11-8-12-25-14-17(2)3)23-13-19(24)16-26-15-18-9-6-5-7-10-18;/h5-7,9-10,17,19,24H,4,8,11-16H2,1-3H3,(H2,21,22,23);1H. The van der Waals surface area contributed by atoms with Crippen molar-refractivity contribution in [2.45, 2.75) is 39.9 Å². The molecule has 1 atom stereocenters. The highest BCUT2D eigenvalue weighted by molar-refractivity contribution is 14.0. The SMILES string of the molecule is CCNC(=NCC(O)COCc1ccccc1)NCCCOCC(C)C.I. The van der Waals surface area contributed by atoms with Crippen LogP contribution in [0.5, 0.6) is 0 Å². The van der Waals surface area contributed by atoms with Gasteiger partial charge in [-0.25, -0.2) is 0 Å². The van der Waals surface area contributed by atoms with Gasteiger partial charge < -0.3 is 25.2 Å². The molecule has 0 bridgehead atoms. The maximum absolute atomic E-state index is 10.0. The molecular weight excluding hydrogens is 457 g/mol. The average molecular weight is 493 g/mol. The molecule has 1 aromatic carbocycles. The molecule has 6 nitrogen and oxygen atoms in total. The van der Waals surface area contributed by atoms with Crippen LogP contribution in [0.2, 0.25) is 0 Å². The Balaban J connectivity index is 0.00000676. The molecule has 156 valence electrons. The van der Waals surface area contributed by atoms with Crippen LogP contribution in [0.15, 0.2) is 35.3 Å². The summed E-state index contributed by atoms with van der Waals surface area (Å²) >= 11 is 0. The fourth-order valence-corrected chi connectivity index (χ4v) is 2.18. The van der Waals surface area contributed by atoms with Crippen LogP contribution in [0.1, 0.15) is 32.8 Å². The van der Waals surface area contributed by atoms with Crippen LogP contribution in [0.3, 0.4) is 0 Å². The van der Waals surface area contributed by atoms with E-state index in [-0.39, 0.29) is 30.6 Å². The molecule has 0 aromatic heterocycles. The minimum atomic E-state index is -0.622. The Morgan fingerprint density at radius 3 is 2.52 bits per heavy atom. The minimum absolute atomic E-state index is 0. The summed E-state index contributed by atoms with van der Waals surface area (Å²) in [5, 5.41) is 16.5. The van der Waals surface area contributed by atoms with Gasteiger partial charge in [-0.3, -0.25) is 4.99 Å². The van der Waals surface area contributed by atoms with E-state index in [1.165, 1.54) is 0 Å². The highest BCUT2D eigenvalue weighted by Crippen LogP contribution is 2.01. The molecule has 3 N–H and O–H groups in total. The summed E-state index contributed by atoms with van der Waals surface area (Å²) in [6.45, 7) is 10.4. The molecule has 1 aromatic rings. The van der Waals surface area contributed by atoms with Crippen LogP contribution in [0.25, 0.3) is 0 Å². The topological polar surface area (TPSA) is 75.1 Å². The van der Waals surface area contributed by atoms with Crippen molar-refractivity contribution in [1.29, 1.82) is 0 Å². The van der Waals surface area contributed by atoms with Gasteiger partial charge in [0.1, 0.15) is 0 Å². The summed E-state index contributed by atoms with van der Waals surface area (Å²) in [4.78, 5) is 4.41. The molecular formula is C20H36IN3O3. The molecule has 0 radical (unpaired) electrons. The minimum Gasteiger partial charge on any atom is -0.389 e. The molecule has 1 unspecified atom stereocenters. The van der Waals surface area contributed by atoms with E-state index in [4.69, 9.17) is 9.47 Å². The Hall–Kier alpha value is -0.900. The maximum atomic E-state index is 10.0. The Kier molecular flexibility index (Phi) is 16.6. The fourth-order valence-electron chi connectivity index (χ4n) is 2.18. The summed E-state index contributed by atoms with van der Waals surface area (Å²) in [7, 11) is 0. The molecule has 7 heteroatoms. The van der Waals surface area contributed by atoms with Crippen LogP contribution in [-0.4, -0.2) is 56.6 Å². The number of nitrogens with one attached hydrogen (secondary N) is 2. The van der Waals surface area contributed by atoms with E-state index in [2.05, 4.69) is 29.5 Å². The number of aliphatic imine (C=N–C) groups is 1. The highest BCUT2D eigenvalue weighted by Gasteiger charge is 2.05. The van der Waals surface area contributed by atoms with Gasteiger partial charge in [-0.15, -0.1) is 24.0 Å². The van der Waals surface area contributed by atoms with Gasteiger partial charge in [-0.05, 0) is 24.8 Å². The molecule has 0 aliphatic heterocycles. The van der Waals surface area contributed by atoms with Gasteiger partial charge in [-0.2, -0.15) is 0 Å². The summed E-state index contributed by atoms with van der Waals surface area (Å²) in [6, 6.07) is 9.92. The fraction of sp³-hybridized carbons (Fsp3) is 0.650. The number of aliphatic hydroxyl groups is 1. The van der Waals surface area contributed by atoms with Crippen molar-refractivity contribution in [3.63, 3.8) is 0 Å². The van der Waals surface area contributed by atoms with Gasteiger partial charge in [0.25, 0.3) is 0 Å². The first-order valence-electron chi connectivity index (χ1n) is 9.51. The number of hydrogen-bond acceptors (Lipinski definition) is 4. The van der Waals surface area contributed by atoms with Crippen molar-refractivity contribution < 1.29 is 14.6 Å². The van der Waals surface area contributed by atoms with Gasteiger partial charge in [0.2, 0.25) is 0 Å². The predicted molar refractivity (Wildman–Crippen MR) is 122 cm³/mol. The van der Waals surface area contributed by atoms with Crippen molar-refractivity contribution in [2.24, 2.45) is 10.9 Å². The van der Waals surface area contributed by atoms with E-state index >= 15 is 0 Å². The molecule has 0 saturated carbocycles. The van der Waals surface area contributed by atoms with Gasteiger partial charge in [-0.1, -0.05) is 44.2 Å². The van der Waals surface area contributed by atoms with Gasteiger partial charge in [0.05, 0.1) is 25.9 Å². The largest absolute Gasteiger partial charge is 0.389 e. The van der Waals surface area contributed by atoms with Gasteiger partial charge in [0.15, 0.2) is 5.96 Å². The van der Waals surface area contributed by atoms with Crippen LogP contribution in [0, 0.1) is 5.92 Å². The lowest BCUT2D eigenvalue weighted by atomic mass is 10.2. The van der Waals surface area contributed by atoms with Crippen LogP contribution in [-0.2, 0) is 16.1 Å². The molecule has 0 heterocycles. The number of halogens is 1.